The van der Waals surface area contributed by atoms with E-state index in [1.807, 2.05) is 38.1 Å². The Morgan fingerprint density at radius 3 is 2.84 bits per heavy atom. The number of halogens is 1. The van der Waals surface area contributed by atoms with Gasteiger partial charge in [0.25, 0.3) is 5.91 Å². The molecule has 0 saturated carbocycles. The molecule has 25 heavy (non-hydrogen) atoms. The van der Waals surface area contributed by atoms with E-state index in [9.17, 15) is 9.18 Å². The van der Waals surface area contributed by atoms with Crippen molar-refractivity contribution in [1.82, 2.24) is 9.88 Å². The summed E-state index contributed by atoms with van der Waals surface area (Å²) in [6, 6.07) is 9.76. The molecule has 1 unspecified atom stereocenters. The molecule has 3 rings (SSSR count). The number of hydrogen-bond donors (Lipinski definition) is 0. The summed E-state index contributed by atoms with van der Waals surface area (Å²) < 4.78 is 19.2. The van der Waals surface area contributed by atoms with Gasteiger partial charge in [-0.05, 0) is 37.3 Å². The third kappa shape index (κ3) is 3.96. The Morgan fingerprint density at radius 1 is 1.32 bits per heavy atom. The van der Waals surface area contributed by atoms with E-state index in [-0.39, 0.29) is 12.0 Å². The van der Waals surface area contributed by atoms with E-state index in [2.05, 4.69) is 4.98 Å². The van der Waals surface area contributed by atoms with Crippen molar-refractivity contribution in [2.45, 2.75) is 13.0 Å². The summed E-state index contributed by atoms with van der Waals surface area (Å²) >= 11 is 0. The van der Waals surface area contributed by atoms with Crippen molar-refractivity contribution >= 4 is 11.6 Å². The number of benzene rings is 1. The van der Waals surface area contributed by atoms with Gasteiger partial charge >= 0.3 is 0 Å². The normalized spacial score (nSPS) is 17.4. The Kier molecular flexibility index (Phi) is 4.99. The van der Waals surface area contributed by atoms with Crippen molar-refractivity contribution < 1.29 is 13.9 Å². The van der Waals surface area contributed by atoms with E-state index in [0.29, 0.717) is 25.3 Å². The number of ether oxygens (including phenoxy) is 1. The van der Waals surface area contributed by atoms with Crippen LogP contribution in [-0.2, 0) is 4.74 Å². The van der Waals surface area contributed by atoms with Crippen LogP contribution in [0.1, 0.15) is 27.8 Å². The Balaban J connectivity index is 1.80. The zero-order valence-electron chi connectivity index (χ0n) is 14.7. The van der Waals surface area contributed by atoms with E-state index < -0.39 is 5.82 Å². The molecule has 132 valence electrons. The molecule has 6 heteroatoms. The Bertz CT molecular complexity index is 779. The highest BCUT2D eigenvalue weighted by Crippen LogP contribution is 2.25. The number of pyridine rings is 1. The van der Waals surface area contributed by atoms with Crippen LogP contribution in [0.5, 0.6) is 0 Å². The van der Waals surface area contributed by atoms with Gasteiger partial charge in [0.05, 0.1) is 18.8 Å². The molecule has 5 nitrogen and oxygen atoms in total. The predicted octanol–water partition coefficient (Wildman–Crippen LogP) is 2.81. The molecule has 1 aliphatic heterocycles. The first-order valence-electron chi connectivity index (χ1n) is 8.26. The van der Waals surface area contributed by atoms with Gasteiger partial charge in [-0.2, -0.15) is 0 Å². The smallest absolute Gasteiger partial charge is 0.254 e. The van der Waals surface area contributed by atoms with E-state index in [4.69, 9.17) is 4.74 Å². The molecular formula is C19H22FN3O2. The lowest BCUT2D eigenvalue weighted by molar-refractivity contribution is -0.0247. The molecule has 0 spiro atoms. The van der Waals surface area contributed by atoms with Gasteiger partial charge in [-0.15, -0.1) is 0 Å². The quantitative estimate of drug-likeness (QED) is 0.860. The van der Waals surface area contributed by atoms with Crippen LogP contribution < -0.4 is 4.90 Å². The first-order chi connectivity index (χ1) is 11.9. The van der Waals surface area contributed by atoms with Gasteiger partial charge in [0.2, 0.25) is 0 Å². The number of carbonyl (C=O) groups is 1. The lowest BCUT2D eigenvalue weighted by Crippen LogP contribution is -2.42. The van der Waals surface area contributed by atoms with Crippen molar-refractivity contribution in [2.75, 3.05) is 38.7 Å². The second-order valence-electron chi connectivity index (χ2n) is 6.41. The lowest BCUT2D eigenvalue weighted by Gasteiger charge is -2.33. The number of carbonyl (C=O) groups excluding carboxylic acids is 1. The third-order valence-corrected chi connectivity index (χ3v) is 4.23. The van der Waals surface area contributed by atoms with Crippen LogP contribution in [0.15, 0.2) is 36.4 Å². The van der Waals surface area contributed by atoms with Crippen LogP contribution >= 0.6 is 0 Å². The highest BCUT2D eigenvalue weighted by Gasteiger charge is 2.27. The molecule has 0 N–H and O–H groups in total. The summed E-state index contributed by atoms with van der Waals surface area (Å²) in [6.07, 6.45) is -0.287. The van der Waals surface area contributed by atoms with Gasteiger partial charge in [0.1, 0.15) is 11.9 Å². The summed E-state index contributed by atoms with van der Waals surface area (Å²) in [5, 5.41) is 0. The largest absolute Gasteiger partial charge is 0.378 e. The molecule has 1 saturated heterocycles. The molecule has 0 radical (unpaired) electrons. The van der Waals surface area contributed by atoms with Gasteiger partial charge in [0, 0.05) is 37.6 Å². The number of anilines is 1. The van der Waals surface area contributed by atoms with E-state index in [1.54, 1.807) is 17.0 Å². The molecule has 0 bridgehead atoms. The molecular weight excluding hydrogens is 321 g/mol. The number of rotatable bonds is 3. The summed E-state index contributed by atoms with van der Waals surface area (Å²) in [5.74, 6) is -0.597. The van der Waals surface area contributed by atoms with Crippen molar-refractivity contribution in [2.24, 2.45) is 0 Å². The first kappa shape index (κ1) is 17.4. The summed E-state index contributed by atoms with van der Waals surface area (Å²) in [5.41, 5.74) is 3.10. The first-order valence-corrected chi connectivity index (χ1v) is 8.26. The maximum Gasteiger partial charge on any atom is 0.254 e. The van der Waals surface area contributed by atoms with Crippen molar-refractivity contribution in [1.29, 1.82) is 0 Å². The fourth-order valence-electron chi connectivity index (χ4n) is 2.92. The van der Waals surface area contributed by atoms with Crippen LogP contribution in [0.3, 0.4) is 0 Å². The van der Waals surface area contributed by atoms with Crippen LogP contribution in [0.4, 0.5) is 10.1 Å². The molecule has 1 aromatic heterocycles. The fraction of sp³-hybridized carbons (Fsp3) is 0.368. The molecule has 0 aliphatic carbocycles. The second-order valence-corrected chi connectivity index (χ2v) is 6.41. The van der Waals surface area contributed by atoms with E-state index in [1.165, 1.54) is 12.1 Å². The van der Waals surface area contributed by atoms with Gasteiger partial charge in [-0.3, -0.25) is 9.78 Å². The summed E-state index contributed by atoms with van der Waals surface area (Å²) in [7, 11) is 3.94. The van der Waals surface area contributed by atoms with Gasteiger partial charge in [0.15, 0.2) is 0 Å². The Labute approximate surface area is 147 Å². The minimum Gasteiger partial charge on any atom is -0.378 e. The van der Waals surface area contributed by atoms with Gasteiger partial charge in [-0.1, -0.05) is 6.07 Å². The van der Waals surface area contributed by atoms with E-state index >= 15 is 0 Å². The summed E-state index contributed by atoms with van der Waals surface area (Å²) in [6.45, 7) is 3.25. The number of hydrogen-bond acceptors (Lipinski definition) is 4. The minimum atomic E-state index is -0.411. The standard InChI is InChI=1S/C19H22FN3O2/c1-13-9-16(22(2)3)11-17(21-13)18-12-23(7-8-25-18)19(24)14-5-4-6-15(20)10-14/h4-6,9-11,18H,7-8,12H2,1-3H3. The zero-order valence-corrected chi connectivity index (χ0v) is 14.7. The maximum atomic E-state index is 13.4. The van der Waals surface area contributed by atoms with Crippen LogP contribution in [0, 0.1) is 12.7 Å². The second kappa shape index (κ2) is 7.19. The topological polar surface area (TPSA) is 45.7 Å². The molecule has 1 aromatic carbocycles. The van der Waals surface area contributed by atoms with Crippen molar-refractivity contribution in [3.63, 3.8) is 0 Å². The molecule has 2 aromatic rings. The van der Waals surface area contributed by atoms with E-state index in [0.717, 1.165) is 17.1 Å². The molecule has 1 amide bonds. The van der Waals surface area contributed by atoms with Crippen molar-refractivity contribution in [3.8, 4) is 0 Å². The number of morpholine rings is 1. The molecule has 1 aliphatic rings. The Hall–Kier alpha value is -2.47. The zero-order chi connectivity index (χ0) is 18.0. The molecule has 1 atom stereocenters. The molecule has 1 fully saturated rings. The van der Waals surface area contributed by atoms with Crippen LogP contribution in [-0.4, -0.2) is 49.6 Å². The average Bonchev–Trinajstić information content (AvgIpc) is 2.60. The van der Waals surface area contributed by atoms with Gasteiger partial charge in [-0.25, -0.2) is 4.39 Å². The highest BCUT2D eigenvalue weighted by molar-refractivity contribution is 5.94. The maximum absolute atomic E-state index is 13.4. The lowest BCUT2D eigenvalue weighted by atomic mass is 10.1. The summed E-state index contributed by atoms with van der Waals surface area (Å²) in [4.78, 5) is 20.9. The number of nitrogens with zero attached hydrogens (tertiary/aromatic N) is 3. The van der Waals surface area contributed by atoms with Gasteiger partial charge < -0.3 is 14.5 Å². The highest BCUT2D eigenvalue weighted by atomic mass is 19.1. The fourth-order valence-corrected chi connectivity index (χ4v) is 2.92. The predicted molar refractivity (Wildman–Crippen MR) is 94.3 cm³/mol. The number of aromatic nitrogens is 1. The Morgan fingerprint density at radius 2 is 2.12 bits per heavy atom. The minimum absolute atomic E-state index is 0.187. The van der Waals surface area contributed by atoms with Crippen LogP contribution in [0.25, 0.3) is 0 Å². The third-order valence-electron chi connectivity index (χ3n) is 4.23. The average molecular weight is 343 g/mol. The number of aryl methyl sites for hydroxylation is 1. The van der Waals surface area contributed by atoms with Crippen molar-refractivity contribution in [3.05, 3.63) is 59.2 Å². The number of amides is 1. The molecule has 2 heterocycles. The van der Waals surface area contributed by atoms with Crippen LogP contribution in [0.2, 0.25) is 0 Å². The SMILES string of the molecule is Cc1cc(N(C)C)cc(C2CN(C(=O)c3cccc(F)c3)CCO2)n1. The monoisotopic (exact) mass is 343 g/mol.